The van der Waals surface area contributed by atoms with Crippen molar-refractivity contribution in [2.75, 3.05) is 7.11 Å². The van der Waals surface area contributed by atoms with E-state index in [9.17, 15) is 22.0 Å². The minimum Gasteiger partial charge on any atom is -0.464 e. The highest BCUT2D eigenvalue weighted by Crippen LogP contribution is 2.30. The van der Waals surface area contributed by atoms with Crippen LogP contribution < -0.4 is 4.74 Å². The van der Waals surface area contributed by atoms with E-state index in [-0.39, 0.29) is 17.2 Å². The summed E-state index contributed by atoms with van der Waals surface area (Å²) in [5, 5.41) is 7.02. The molecule has 0 aromatic carbocycles. The second-order valence-electron chi connectivity index (χ2n) is 6.45. The molecule has 156 valence electrons. The number of hydrogen-bond donors (Lipinski definition) is 0. The van der Waals surface area contributed by atoms with Gasteiger partial charge in [0.1, 0.15) is 0 Å². The van der Waals surface area contributed by atoms with E-state index in [1.807, 2.05) is 0 Å². The van der Waals surface area contributed by atoms with Gasteiger partial charge in [-0.15, -0.1) is 10.2 Å². The zero-order valence-electron chi connectivity index (χ0n) is 15.5. The van der Waals surface area contributed by atoms with Crippen molar-refractivity contribution in [3.05, 3.63) is 36.5 Å². The number of ether oxygens (including phenoxy) is 2. The molecule has 0 bridgehead atoms. The van der Waals surface area contributed by atoms with Crippen LogP contribution in [-0.4, -0.2) is 44.0 Å². The van der Waals surface area contributed by atoms with Crippen LogP contribution in [0.1, 0.15) is 19.7 Å². The molecule has 0 aliphatic carbocycles. The van der Waals surface area contributed by atoms with Crippen LogP contribution in [0.5, 0.6) is 5.88 Å². The number of pyridine rings is 1. The molecule has 1 atom stereocenters. The van der Waals surface area contributed by atoms with Gasteiger partial charge in [0.15, 0.2) is 11.8 Å². The van der Waals surface area contributed by atoms with Crippen molar-refractivity contribution in [3.8, 4) is 17.1 Å². The molecule has 0 N–H and O–H groups in total. The fraction of sp³-hybridized carbons (Fsp3) is 0.412. The predicted octanol–water partition coefficient (Wildman–Crippen LogP) is 3.85. The van der Waals surface area contributed by atoms with Crippen molar-refractivity contribution < 1.29 is 31.4 Å². The van der Waals surface area contributed by atoms with Crippen molar-refractivity contribution in [1.29, 1.82) is 0 Å². The molecule has 3 heterocycles. The number of rotatable bonds is 6. The van der Waals surface area contributed by atoms with Crippen molar-refractivity contribution in [2.24, 2.45) is 5.92 Å². The smallest absolute Gasteiger partial charge is 0.425 e. The Labute approximate surface area is 161 Å². The molecule has 0 saturated carbocycles. The topological polar surface area (TPSA) is 74.4 Å². The van der Waals surface area contributed by atoms with Crippen molar-refractivity contribution in [3.63, 3.8) is 0 Å². The number of fused-ring (bicyclic) bond motifs is 1. The molecule has 0 unspecified atom stereocenters. The lowest BCUT2D eigenvalue weighted by Crippen LogP contribution is -2.39. The van der Waals surface area contributed by atoms with E-state index in [1.54, 1.807) is 0 Å². The molecule has 7 nitrogen and oxygen atoms in total. The highest BCUT2D eigenvalue weighted by atomic mass is 19.4. The molecular formula is C17H16F5N5O2. The fourth-order valence-electron chi connectivity index (χ4n) is 2.55. The monoisotopic (exact) mass is 417 g/mol. The first-order valence-corrected chi connectivity index (χ1v) is 8.37. The summed E-state index contributed by atoms with van der Waals surface area (Å²) >= 11 is 0. The van der Waals surface area contributed by atoms with Gasteiger partial charge in [-0.05, 0) is 12.0 Å². The molecule has 0 spiro atoms. The Bertz CT molecular complexity index is 988. The molecule has 3 rings (SSSR count). The lowest BCUT2D eigenvalue weighted by atomic mass is 10.1. The Balaban J connectivity index is 1.90. The van der Waals surface area contributed by atoms with Crippen LogP contribution in [0.25, 0.3) is 16.9 Å². The Morgan fingerprint density at radius 3 is 2.28 bits per heavy atom. The summed E-state index contributed by atoms with van der Waals surface area (Å²) in [4.78, 5) is 7.96. The lowest BCUT2D eigenvalue weighted by molar-refractivity contribution is -0.237. The third-order valence-electron chi connectivity index (χ3n) is 4.02. The normalized spacial score (nSPS) is 13.8. The van der Waals surface area contributed by atoms with Gasteiger partial charge in [0.25, 0.3) is 0 Å². The molecule has 0 fully saturated rings. The summed E-state index contributed by atoms with van der Waals surface area (Å²) in [6.45, 7) is 2.77. The molecule has 0 saturated heterocycles. The molecule has 12 heteroatoms. The Morgan fingerprint density at radius 2 is 1.72 bits per heavy atom. The maximum absolute atomic E-state index is 13.8. The third kappa shape index (κ3) is 4.26. The van der Waals surface area contributed by atoms with Crippen molar-refractivity contribution in [2.45, 2.75) is 32.2 Å². The first kappa shape index (κ1) is 20.8. The zero-order chi connectivity index (χ0) is 21.4. The second kappa shape index (κ2) is 7.50. The standard InChI is InChI=1S/C17H16F5N5O2/c1-9(2)14(16(18,19)20)29-13-5-4-10(6-24-13)11-8-27-12(7-23-11)25-26-15(27)17(21,22)28-3/h4-9,14H,1-3H3/t14-/m0/s1. The van der Waals surface area contributed by atoms with E-state index in [2.05, 4.69) is 24.9 Å². The number of hydrogen-bond acceptors (Lipinski definition) is 6. The minimum atomic E-state index is -4.54. The maximum atomic E-state index is 13.8. The van der Waals surface area contributed by atoms with Crippen LogP contribution in [0.15, 0.2) is 30.7 Å². The van der Waals surface area contributed by atoms with Crippen LogP contribution in [0.4, 0.5) is 22.0 Å². The average Bonchev–Trinajstić information content (AvgIpc) is 3.09. The molecule has 29 heavy (non-hydrogen) atoms. The van der Waals surface area contributed by atoms with Crippen LogP contribution in [0, 0.1) is 5.92 Å². The Morgan fingerprint density at radius 1 is 1.00 bits per heavy atom. The summed E-state index contributed by atoms with van der Waals surface area (Å²) in [7, 11) is 0.831. The van der Waals surface area contributed by atoms with Gasteiger partial charge in [-0.25, -0.2) is 4.98 Å². The van der Waals surface area contributed by atoms with Gasteiger partial charge in [-0.2, -0.15) is 22.0 Å². The first-order valence-electron chi connectivity index (χ1n) is 8.37. The predicted molar refractivity (Wildman–Crippen MR) is 90.2 cm³/mol. The summed E-state index contributed by atoms with van der Waals surface area (Å²) in [5.41, 5.74) is 0.659. The van der Waals surface area contributed by atoms with Crippen molar-refractivity contribution >= 4 is 5.65 Å². The van der Waals surface area contributed by atoms with Gasteiger partial charge in [0.05, 0.1) is 11.9 Å². The van der Waals surface area contributed by atoms with Crippen LogP contribution in [-0.2, 0) is 10.8 Å². The lowest BCUT2D eigenvalue weighted by Gasteiger charge is -2.24. The van der Waals surface area contributed by atoms with E-state index in [4.69, 9.17) is 4.74 Å². The Kier molecular flexibility index (Phi) is 5.39. The number of methoxy groups -OCH3 is 1. The van der Waals surface area contributed by atoms with Gasteiger partial charge in [-0.1, -0.05) is 13.8 Å². The fourth-order valence-corrected chi connectivity index (χ4v) is 2.55. The molecular weight excluding hydrogens is 401 g/mol. The molecule has 3 aromatic heterocycles. The number of nitrogens with zero attached hydrogens (tertiary/aromatic N) is 5. The highest BCUT2D eigenvalue weighted by Gasteiger charge is 2.44. The summed E-state index contributed by atoms with van der Waals surface area (Å²) in [6, 6.07) is 2.67. The molecule has 0 aliphatic heterocycles. The van der Waals surface area contributed by atoms with E-state index < -0.39 is 30.1 Å². The highest BCUT2D eigenvalue weighted by molar-refractivity contribution is 5.59. The average molecular weight is 417 g/mol. The van der Waals surface area contributed by atoms with E-state index in [0.717, 1.165) is 11.5 Å². The number of aromatic nitrogens is 5. The minimum absolute atomic E-state index is 0.0679. The van der Waals surface area contributed by atoms with Crippen LogP contribution in [0.3, 0.4) is 0 Å². The van der Waals surface area contributed by atoms with Gasteiger partial charge in [0.2, 0.25) is 11.7 Å². The van der Waals surface area contributed by atoms with E-state index in [1.165, 1.54) is 44.6 Å². The summed E-state index contributed by atoms with van der Waals surface area (Å²) in [6.07, 6.45) is -6.51. The first-order chi connectivity index (χ1) is 13.5. The quantitative estimate of drug-likeness (QED) is 0.568. The van der Waals surface area contributed by atoms with Crippen LogP contribution >= 0.6 is 0 Å². The molecule has 0 radical (unpaired) electrons. The van der Waals surface area contributed by atoms with Crippen LogP contribution in [0.2, 0.25) is 0 Å². The SMILES string of the molecule is COC(F)(F)c1nnc2cnc(-c3ccc(O[C@@H](C(C)C)C(F)(F)F)nc3)cn12. The number of alkyl halides is 5. The molecule has 3 aromatic rings. The molecule has 0 aliphatic rings. The Hall–Kier alpha value is -2.89. The molecule has 0 amide bonds. The maximum Gasteiger partial charge on any atom is 0.425 e. The van der Waals surface area contributed by atoms with E-state index in [0.29, 0.717) is 5.56 Å². The van der Waals surface area contributed by atoms with E-state index >= 15 is 0 Å². The summed E-state index contributed by atoms with van der Waals surface area (Å²) < 4.78 is 76.9. The van der Waals surface area contributed by atoms with Gasteiger partial charge >= 0.3 is 12.3 Å². The van der Waals surface area contributed by atoms with Gasteiger partial charge in [-0.3, -0.25) is 9.38 Å². The van der Waals surface area contributed by atoms with Gasteiger partial charge in [0, 0.05) is 31.1 Å². The second-order valence-corrected chi connectivity index (χ2v) is 6.45. The van der Waals surface area contributed by atoms with Crippen molar-refractivity contribution in [1.82, 2.24) is 24.6 Å². The summed E-state index contributed by atoms with van der Waals surface area (Å²) in [5.74, 6) is -1.77. The van der Waals surface area contributed by atoms with Gasteiger partial charge < -0.3 is 9.47 Å². The zero-order valence-corrected chi connectivity index (χ0v) is 15.5. The third-order valence-corrected chi connectivity index (χ3v) is 4.02. The number of halogens is 5. The largest absolute Gasteiger partial charge is 0.464 e.